The van der Waals surface area contributed by atoms with Crippen LogP contribution in [0, 0.1) is 0 Å². The third-order valence-electron chi connectivity index (χ3n) is 3.22. The lowest BCUT2D eigenvalue weighted by molar-refractivity contribution is 0.540. The first-order chi connectivity index (χ1) is 8.83. The second-order valence-corrected chi connectivity index (χ2v) is 4.60. The van der Waals surface area contributed by atoms with Crippen LogP contribution in [0.2, 0.25) is 0 Å². The first-order valence-corrected chi connectivity index (χ1v) is 6.55. The monoisotopic (exact) mass is 243 g/mol. The summed E-state index contributed by atoms with van der Waals surface area (Å²) in [4.78, 5) is 4.04. The van der Waals surface area contributed by atoms with Gasteiger partial charge in [-0.15, -0.1) is 0 Å². The van der Waals surface area contributed by atoms with Crippen molar-refractivity contribution in [2.24, 2.45) is 0 Å². The zero-order valence-corrected chi connectivity index (χ0v) is 11.1. The van der Waals surface area contributed by atoms with E-state index in [9.17, 15) is 0 Å². The zero-order valence-electron chi connectivity index (χ0n) is 11.1. The summed E-state index contributed by atoms with van der Waals surface area (Å²) in [5.74, 6) is 0. The Morgan fingerprint density at radius 3 is 2.72 bits per heavy atom. The molecule has 2 aromatic heterocycles. The Kier molecular flexibility index (Phi) is 4.53. The van der Waals surface area contributed by atoms with Crippen molar-refractivity contribution in [2.45, 2.75) is 32.4 Å². The smallest absolute Gasteiger partial charge is 0.0471 e. The topological polar surface area (TPSA) is 29.9 Å². The quantitative estimate of drug-likeness (QED) is 0.845. The van der Waals surface area contributed by atoms with Crippen LogP contribution in [-0.2, 0) is 6.54 Å². The van der Waals surface area contributed by atoms with Gasteiger partial charge in [0.15, 0.2) is 0 Å². The van der Waals surface area contributed by atoms with Crippen molar-refractivity contribution in [3.05, 3.63) is 54.1 Å². The van der Waals surface area contributed by atoms with Gasteiger partial charge in [0.2, 0.25) is 0 Å². The number of nitrogens with one attached hydrogen (secondary N) is 1. The molecule has 1 atom stereocenters. The highest BCUT2D eigenvalue weighted by molar-refractivity contribution is 5.18. The van der Waals surface area contributed by atoms with E-state index in [0.29, 0.717) is 6.04 Å². The standard InChI is InChI=1S/C15H21N3/c1-3-4-15(16-2)14-7-10-18(12-14)11-13-5-8-17-9-6-13/h5-10,12,15-16H,3-4,11H2,1-2H3. The Balaban J connectivity index is 2.06. The lowest BCUT2D eigenvalue weighted by Gasteiger charge is -2.13. The van der Waals surface area contributed by atoms with Crippen LogP contribution in [0.5, 0.6) is 0 Å². The van der Waals surface area contributed by atoms with E-state index in [4.69, 9.17) is 0 Å². The molecule has 2 aromatic rings. The third kappa shape index (κ3) is 3.20. The van der Waals surface area contributed by atoms with Crippen molar-refractivity contribution in [3.63, 3.8) is 0 Å². The Morgan fingerprint density at radius 1 is 1.28 bits per heavy atom. The predicted octanol–water partition coefficient (Wildman–Crippen LogP) is 2.99. The van der Waals surface area contributed by atoms with Gasteiger partial charge in [0, 0.05) is 37.4 Å². The first kappa shape index (κ1) is 12.8. The lowest BCUT2D eigenvalue weighted by atomic mass is 10.1. The number of hydrogen-bond acceptors (Lipinski definition) is 2. The molecule has 3 heteroatoms. The molecular weight excluding hydrogens is 222 g/mol. The normalized spacial score (nSPS) is 12.6. The molecule has 18 heavy (non-hydrogen) atoms. The van der Waals surface area contributed by atoms with E-state index in [-0.39, 0.29) is 0 Å². The zero-order chi connectivity index (χ0) is 12.8. The molecule has 0 saturated carbocycles. The van der Waals surface area contributed by atoms with Crippen molar-refractivity contribution >= 4 is 0 Å². The fourth-order valence-corrected chi connectivity index (χ4v) is 2.23. The van der Waals surface area contributed by atoms with Crippen LogP contribution in [0.25, 0.3) is 0 Å². The van der Waals surface area contributed by atoms with Gasteiger partial charge in [0.1, 0.15) is 0 Å². The van der Waals surface area contributed by atoms with Crippen molar-refractivity contribution < 1.29 is 0 Å². The molecule has 0 amide bonds. The largest absolute Gasteiger partial charge is 0.350 e. The second kappa shape index (κ2) is 6.36. The number of aromatic nitrogens is 2. The van der Waals surface area contributed by atoms with Gasteiger partial charge in [-0.3, -0.25) is 4.98 Å². The highest BCUT2D eigenvalue weighted by atomic mass is 15.0. The molecule has 0 aliphatic rings. The van der Waals surface area contributed by atoms with E-state index in [2.05, 4.69) is 52.4 Å². The molecule has 0 aliphatic heterocycles. The summed E-state index contributed by atoms with van der Waals surface area (Å²) in [6.45, 7) is 3.13. The van der Waals surface area contributed by atoms with Crippen LogP contribution >= 0.6 is 0 Å². The van der Waals surface area contributed by atoms with E-state index in [1.807, 2.05) is 19.4 Å². The highest BCUT2D eigenvalue weighted by Gasteiger charge is 2.09. The molecule has 0 aromatic carbocycles. The molecule has 0 saturated heterocycles. The molecule has 0 fully saturated rings. The summed E-state index contributed by atoms with van der Waals surface area (Å²) < 4.78 is 2.23. The van der Waals surface area contributed by atoms with Crippen LogP contribution in [0.1, 0.15) is 36.9 Å². The summed E-state index contributed by atoms with van der Waals surface area (Å²) in [6, 6.07) is 6.79. The van der Waals surface area contributed by atoms with Gasteiger partial charge in [-0.1, -0.05) is 13.3 Å². The van der Waals surface area contributed by atoms with Crippen molar-refractivity contribution in [2.75, 3.05) is 7.05 Å². The molecule has 1 unspecified atom stereocenters. The van der Waals surface area contributed by atoms with Gasteiger partial charge in [0.25, 0.3) is 0 Å². The maximum absolute atomic E-state index is 4.04. The molecule has 1 N–H and O–H groups in total. The van der Waals surface area contributed by atoms with Gasteiger partial charge >= 0.3 is 0 Å². The van der Waals surface area contributed by atoms with E-state index in [1.165, 1.54) is 24.0 Å². The Hall–Kier alpha value is -1.61. The fourth-order valence-electron chi connectivity index (χ4n) is 2.23. The average Bonchev–Trinajstić information content (AvgIpc) is 2.85. The van der Waals surface area contributed by atoms with Crippen LogP contribution in [-0.4, -0.2) is 16.6 Å². The SMILES string of the molecule is CCCC(NC)c1ccn(Cc2ccncc2)c1. The van der Waals surface area contributed by atoms with E-state index in [1.54, 1.807) is 0 Å². The summed E-state index contributed by atoms with van der Waals surface area (Å²) >= 11 is 0. The maximum Gasteiger partial charge on any atom is 0.0471 e. The van der Waals surface area contributed by atoms with Crippen LogP contribution < -0.4 is 5.32 Å². The van der Waals surface area contributed by atoms with Gasteiger partial charge in [-0.2, -0.15) is 0 Å². The van der Waals surface area contributed by atoms with Gasteiger partial charge in [0.05, 0.1) is 0 Å². The van der Waals surface area contributed by atoms with Crippen molar-refractivity contribution in [1.82, 2.24) is 14.9 Å². The highest BCUT2D eigenvalue weighted by Crippen LogP contribution is 2.18. The van der Waals surface area contributed by atoms with Crippen molar-refractivity contribution in [1.29, 1.82) is 0 Å². The molecule has 2 rings (SSSR count). The molecule has 0 spiro atoms. The number of pyridine rings is 1. The van der Waals surface area contributed by atoms with E-state index >= 15 is 0 Å². The Bertz CT molecular complexity index is 462. The van der Waals surface area contributed by atoms with Gasteiger partial charge in [-0.05, 0) is 42.8 Å². The second-order valence-electron chi connectivity index (χ2n) is 4.60. The van der Waals surface area contributed by atoms with E-state index < -0.39 is 0 Å². The molecule has 0 bridgehead atoms. The fraction of sp³-hybridized carbons (Fsp3) is 0.400. The molecular formula is C15H21N3. The predicted molar refractivity (Wildman–Crippen MR) is 74.5 cm³/mol. The van der Waals surface area contributed by atoms with Gasteiger partial charge in [-0.25, -0.2) is 0 Å². The number of nitrogens with zero attached hydrogens (tertiary/aromatic N) is 2. The summed E-state index contributed by atoms with van der Waals surface area (Å²) in [7, 11) is 2.03. The summed E-state index contributed by atoms with van der Waals surface area (Å²) in [6.07, 6.45) is 10.4. The summed E-state index contributed by atoms with van der Waals surface area (Å²) in [5, 5.41) is 3.37. The molecule has 0 radical (unpaired) electrons. The van der Waals surface area contributed by atoms with Crippen LogP contribution in [0.3, 0.4) is 0 Å². The number of rotatable bonds is 6. The molecule has 96 valence electrons. The minimum absolute atomic E-state index is 0.466. The van der Waals surface area contributed by atoms with Crippen LogP contribution in [0.4, 0.5) is 0 Å². The average molecular weight is 243 g/mol. The molecule has 3 nitrogen and oxygen atoms in total. The lowest BCUT2D eigenvalue weighted by Crippen LogP contribution is -2.15. The van der Waals surface area contributed by atoms with E-state index in [0.717, 1.165) is 6.54 Å². The Morgan fingerprint density at radius 2 is 2.06 bits per heavy atom. The maximum atomic E-state index is 4.04. The summed E-state index contributed by atoms with van der Waals surface area (Å²) in [5.41, 5.74) is 2.65. The Labute approximate surface area is 109 Å². The van der Waals surface area contributed by atoms with Crippen molar-refractivity contribution in [3.8, 4) is 0 Å². The number of hydrogen-bond donors (Lipinski definition) is 1. The van der Waals surface area contributed by atoms with Crippen LogP contribution in [0.15, 0.2) is 43.0 Å². The van der Waals surface area contributed by atoms with Gasteiger partial charge < -0.3 is 9.88 Å². The molecule has 2 heterocycles. The first-order valence-electron chi connectivity index (χ1n) is 6.55. The molecule has 0 aliphatic carbocycles. The third-order valence-corrected chi connectivity index (χ3v) is 3.22. The minimum Gasteiger partial charge on any atom is -0.350 e. The minimum atomic E-state index is 0.466.